The van der Waals surface area contributed by atoms with E-state index in [0.717, 1.165) is 11.3 Å². The number of benzene rings is 1. The third kappa shape index (κ3) is 3.43. The SMILES string of the molecule is COc1ccc(Cl)cc1CN(C)CC#N. The Balaban J connectivity index is 2.83. The molecule has 0 fully saturated rings. The van der Waals surface area contributed by atoms with Crippen LogP contribution in [0.1, 0.15) is 5.56 Å². The molecule has 0 heterocycles. The number of hydrogen-bond donors (Lipinski definition) is 0. The van der Waals surface area contributed by atoms with Crippen LogP contribution in [0, 0.1) is 11.3 Å². The Bertz CT molecular complexity index is 373. The maximum absolute atomic E-state index is 8.55. The molecule has 0 bridgehead atoms. The normalized spacial score (nSPS) is 10.1. The van der Waals surface area contributed by atoms with Gasteiger partial charge in [-0.25, -0.2) is 0 Å². The smallest absolute Gasteiger partial charge is 0.123 e. The number of nitriles is 1. The van der Waals surface area contributed by atoms with E-state index in [-0.39, 0.29) is 0 Å². The van der Waals surface area contributed by atoms with Gasteiger partial charge in [0.2, 0.25) is 0 Å². The maximum Gasteiger partial charge on any atom is 0.123 e. The summed E-state index contributed by atoms with van der Waals surface area (Å²) in [4.78, 5) is 1.90. The molecule has 1 rings (SSSR count). The fraction of sp³-hybridized carbons (Fsp3) is 0.364. The Labute approximate surface area is 94.8 Å². The fourth-order valence-corrected chi connectivity index (χ4v) is 1.53. The summed E-state index contributed by atoms with van der Waals surface area (Å²) in [7, 11) is 3.50. The monoisotopic (exact) mass is 224 g/mol. The number of methoxy groups -OCH3 is 1. The average molecular weight is 225 g/mol. The highest BCUT2D eigenvalue weighted by Crippen LogP contribution is 2.23. The lowest BCUT2D eigenvalue weighted by Crippen LogP contribution is -2.18. The fourth-order valence-electron chi connectivity index (χ4n) is 1.34. The van der Waals surface area contributed by atoms with Crippen LogP contribution in [0.4, 0.5) is 0 Å². The van der Waals surface area contributed by atoms with Gasteiger partial charge in [0, 0.05) is 17.1 Å². The molecular weight excluding hydrogens is 212 g/mol. The zero-order valence-electron chi connectivity index (χ0n) is 8.83. The van der Waals surface area contributed by atoms with E-state index >= 15 is 0 Å². The van der Waals surface area contributed by atoms with E-state index in [1.165, 1.54) is 0 Å². The Hall–Kier alpha value is -1.24. The molecule has 1 aromatic carbocycles. The first-order chi connectivity index (χ1) is 7.17. The molecule has 1 aromatic rings. The van der Waals surface area contributed by atoms with Gasteiger partial charge >= 0.3 is 0 Å². The molecule has 80 valence electrons. The van der Waals surface area contributed by atoms with Crippen molar-refractivity contribution in [2.75, 3.05) is 20.7 Å². The molecule has 0 atom stereocenters. The van der Waals surface area contributed by atoms with Gasteiger partial charge in [-0.3, -0.25) is 4.90 Å². The summed E-state index contributed by atoms with van der Waals surface area (Å²) in [5.41, 5.74) is 0.989. The lowest BCUT2D eigenvalue weighted by molar-refractivity contribution is 0.350. The second kappa shape index (κ2) is 5.59. The highest BCUT2D eigenvalue weighted by atomic mass is 35.5. The second-order valence-electron chi connectivity index (χ2n) is 3.29. The molecule has 15 heavy (non-hydrogen) atoms. The molecule has 0 spiro atoms. The Morgan fingerprint density at radius 1 is 1.53 bits per heavy atom. The van der Waals surface area contributed by atoms with Crippen molar-refractivity contribution < 1.29 is 4.74 Å². The molecular formula is C11H13ClN2O. The summed E-state index contributed by atoms with van der Waals surface area (Å²) in [6, 6.07) is 7.56. The molecule has 4 heteroatoms. The van der Waals surface area contributed by atoms with Crippen LogP contribution in [0.25, 0.3) is 0 Å². The van der Waals surface area contributed by atoms with Crippen molar-refractivity contribution in [1.82, 2.24) is 4.90 Å². The van der Waals surface area contributed by atoms with Crippen molar-refractivity contribution in [3.8, 4) is 11.8 Å². The van der Waals surface area contributed by atoms with Crippen LogP contribution in [0.3, 0.4) is 0 Å². The van der Waals surface area contributed by atoms with Crippen molar-refractivity contribution in [3.05, 3.63) is 28.8 Å². The van der Waals surface area contributed by atoms with Gasteiger partial charge in [-0.15, -0.1) is 0 Å². The van der Waals surface area contributed by atoms with Crippen LogP contribution in [-0.2, 0) is 6.54 Å². The number of nitrogens with zero attached hydrogens (tertiary/aromatic N) is 2. The minimum absolute atomic E-state index is 0.385. The van der Waals surface area contributed by atoms with Crippen molar-refractivity contribution >= 4 is 11.6 Å². The first kappa shape index (κ1) is 11.8. The van der Waals surface area contributed by atoms with Crippen molar-refractivity contribution in [3.63, 3.8) is 0 Å². The first-order valence-corrected chi connectivity index (χ1v) is 4.93. The van der Waals surface area contributed by atoms with Gasteiger partial charge in [-0.1, -0.05) is 11.6 Å². The molecule has 0 aliphatic carbocycles. The molecule has 3 nitrogen and oxygen atoms in total. The van der Waals surface area contributed by atoms with E-state index in [9.17, 15) is 0 Å². The molecule has 0 N–H and O–H groups in total. The zero-order valence-corrected chi connectivity index (χ0v) is 9.58. The molecule has 0 amide bonds. The molecule has 0 aliphatic heterocycles. The molecule has 0 aromatic heterocycles. The number of halogens is 1. The standard InChI is InChI=1S/C11H13ClN2O/c1-14(6-5-13)8-9-7-10(12)3-4-11(9)15-2/h3-4,7H,6,8H2,1-2H3. The van der Waals surface area contributed by atoms with E-state index in [1.54, 1.807) is 13.2 Å². The largest absolute Gasteiger partial charge is 0.496 e. The van der Waals surface area contributed by atoms with Gasteiger partial charge in [0.25, 0.3) is 0 Å². The van der Waals surface area contributed by atoms with E-state index < -0.39 is 0 Å². The second-order valence-corrected chi connectivity index (χ2v) is 3.72. The third-order valence-corrected chi connectivity index (χ3v) is 2.26. The van der Waals surface area contributed by atoms with E-state index in [4.69, 9.17) is 21.6 Å². The number of rotatable bonds is 4. The predicted octanol–water partition coefficient (Wildman–Crippen LogP) is 2.30. The molecule has 0 radical (unpaired) electrons. The van der Waals surface area contributed by atoms with Crippen LogP contribution in [0.15, 0.2) is 18.2 Å². The summed E-state index contributed by atoms with van der Waals surface area (Å²) < 4.78 is 5.21. The van der Waals surface area contributed by atoms with Crippen LogP contribution in [0.5, 0.6) is 5.75 Å². The van der Waals surface area contributed by atoms with Gasteiger partial charge in [0.15, 0.2) is 0 Å². The van der Waals surface area contributed by atoms with E-state index in [2.05, 4.69) is 6.07 Å². The van der Waals surface area contributed by atoms with Gasteiger partial charge < -0.3 is 4.74 Å². The minimum Gasteiger partial charge on any atom is -0.496 e. The van der Waals surface area contributed by atoms with Gasteiger partial charge in [-0.2, -0.15) is 5.26 Å². The van der Waals surface area contributed by atoms with E-state index in [1.807, 2.05) is 24.1 Å². The Morgan fingerprint density at radius 3 is 2.87 bits per heavy atom. The van der Waals surface area contributed by atoms with Gasteiger partial charge in [0.1, 0.15) is 5.75 Å². The highest BCUT2D eigenvalue weighted by Gasteiger charge is 2.06. The van der Waals surface area contributed by atoms with Gasteiger partial charge in [0.05, 0.1) is 19.7 Å². The summed E-state index contributed by atoms with van der Waals surface area (Å²) >= 11 is 5.90. The summed E-state index contributed by atoms with van der Waals surface area (Å²) in [6.07, 6.45) is 0. The summed E-state index contributed by atoms with van der Waals surface area (Å²) in [5, 5.41) is 9.22. The van der Waals surface area contributed by atoms with E-state index in [0.29, 0.717) is 18.1 Å². The van der Waals surface area contributed by atoms with Crippen LogP contribution >= 0.6 is 11.6 Å². The Morgan fingerprint density at radius 2 is 2.27 bits per heavy atom. The third-order valence-electron chi connectivity index (χ3n) is 2.02. The lowest BCUT2D eigenvalue weighted by atomic mass is 10.2. The minimum atomic E-state index is 0.385. The summed E-state index contributed by atoms with van der Waals surface area (Å²) in [6.45, 7) is 1.03. The van der Waals surface area contributed by atoms with Gasteiger partial charge in [-0.05, 0) is 25.2 Å². The quantitative estimate of drug-likeness (QED) is 0.737. The van der Waals surface area contributed by atoms with Crippen molar-refractivity contribution in [1.29, 1.82) is 5.26 Å². The topological polar surface area (TPSA) is 36.3 Å². The van der Waals surface area contributed by atoms with Crippen LogP contribution in [-0.4, -0.2) is 25.6 Å². The molecule has 0 unspecified atom stereocenters. The average Bonchev–Trinajstić information content (AvgIpc) is 2.18. The summed E-state index contributed by atoms with van der Waals surface area (Å²) in [5.74, 6) is 0.796. The molecule has 0 saturated carbocycles. The number of hydrogen-bond acceptors (Lipinski definition) is 3. The zero-order chi connectivity index (χ0) is 11.3. The lowest BCUT2D eigenvalue weighted by Gasteiger charge is -2.15. The van der Waals surface area contributed by atoms with Crippen molar-refractivity contribution in [2.24, 2.45) is 0 Å². The molecule has 0 aliphatic rings. The molecule has 0 saturated heterocycles. The van der Waals surface area contributed by atoms with Crippen LogP contribution in [0.2, 0.25) is 5.02 Å². The van der Waals surface area contributed by atoms with Crippen molar-refractivity contribution in [2.45, 2.75) is 6.54 Å². The predicted molar refractivity (Wildman–Crippen MR) is 60.0 cm³/mol. The highest BCUT2D eigenvalue weighted by molar-refractivity contribution is 6.30. The van der Waals surface area contributed by atoms with Crippen LogP contribution < -0.4 is 4.74 Å². The first-order valence-electron chi connectivity index (χ1n) is 4.55. The maximum atomic E-state index is 8.55. The Kier molecular flexibility index (Phi) is 4.41. The number of ether oxygens (including phenoxy) is 1.